The van der Waals surface area contributed by atoms with Crippen molar-refractivity contribution in [2.24, 2.45) is 23.2 Å². The van der Waals surface area contributed by atoms with E-state index in [1.54, 1.807) is 0 Å². The molecule has 1 heterocycles. The number of hydrogen-bond donors (Lipinski definition) is 1. The Hall–Kier alpha value is -1.55. The molecule has 28 heavy (non-hydrogen) atoms. The first-order valence-electron chi connectivity index (χ1n) is 11.2. The molecule has 0 unspecified atom stereocenters. The Morgan fingerprint density at radius 2 is 1.79 bits per heavy atom. The highest BCUT2D eigenvalue weighted by molar-refractivity contribution is 5.94. The quantitative estimate of drug-likeness (QED) is 0.782. The van der Waals surface area contributed by atoms with E-state index >= 15 is 0 Å². The number of carbonyl (C=O) groups excluding carboxylic acids is 1. The third-order valence-corrected chi connectivity index (χ3v) is 7.93. The fraction of sp³-hybridized carbons (Fsp3) is 0.708. The van der Waals surface area contributed by atoms with Gasteiger partial charge in [-0.25, -0.2) is 0 Å². The first-order chi connectivity index (χ1) is 13.6. The Morgan fingerprint density at radius 3 is 2.36 bits per heavy atom. The number of nitrogens with one attached hydrogen (secondary N) is 1. The lowest BCUT2D eigenvalue weighted by Gasteiger charge is -2.59. The number of ether oxygens (including phenoxy) is 2. The van der Waals surface area contributed by atoms with Crippen LogP contribution in [0.4, 0.5) is 0 Å². The molecule has 0 aromatic heterocycles. The Labute approximate surface area is 168 Å². The molecule has 1 aliphatic heterocycles. The number of rotatable bonds is 6. The van der Waals surface area contributed by atoms with Gasteiger partial charge in [-0.3, -0.25) is 4.79 Å². The maximum atomic E-state index is 12.9. The Kier molecular flexibility index (Phi) is 4.86. The zero-order valence-electron chi connectivity index (χ0n) is 17.0. The van der Waals surface area contributed by atoms with E-state index in [0.717, 1.165) is 48.5 Å². The van der Waals surface area contributed by atoms with Gasteiger partial charge in [0.25, 0.3) is 5.91 Å². The zero-order valence-corrected chi connectivity index (χ0v) is 17.0. The molecule has 5 fully saturated rings. The third-order valence-electron chi connectivity index (χ3n) is 7.93. The lowest BCUT2D eigenvalue weighted by molar-refractivity contribution is -0.0688. The van der Waals surface area contributed by atoms with Crippen molar-refractivity contribution >= 4 is 5.91 Å². The molecule has 5 aliphatic rings. The molecule has 6 rings (SSSR count). The summed E-state index contributed by atoms with van der Waals surface area (Å²) in [5.74, 6) is 3.58. The molecule has 0 spiro atoms. The second-order valence-electron chi connectivity index (χ2n) is 9.95. The molecule has 2 atom stereocenters. The topological polar surface area (TPSA) is 47.6 Å². The average Bonchev–Trinajstić information content (AvgIpc) is 3.19. The van der Waals surface area contributed by atoms with E-state index in [1.165, 1.54) is 38.5 Å². The minimum absolute atomic E-state index is 0.0499. The second kappa shape index (κ2) is 7.37. The third kappa shape index (κ3) is 3.56. The summed E-state index contributed by atoms with van der Waals surface area (Å²) in [6.45, 7) is 3.67. The number of hydrogen-bond acceptors (Lipinski definition) is 3. The lowest BCUT2D eigenvalue weighted by atomic mass is 9.48. The fourth-order valence-electron chi connectivity index (χ4n) is 6.81. The maximum absolute atomic E-state index is 12.9. The highest BCUT2D eigenvalue weighted by Crippen LogP contribution is 2.61. The van der Waals surface area contributed by atoms with Crippen molar-refractivity contribution in [3.63, 3.8) is 0 Å². The summed E-state index contributed by atoms with van der Waals surface area (Å²) in [6, 6.07) is 7.82. The highest BCUT2D eigenvalue weighted by atomic mass is 16.5. The van der Waals surface area contributed by atoms with E-state index in [9.17, 15) is 4.79 Å². The van der Waals surface area contributed by atoms with Gasteiger partial charge in [-0.05, 0) is 106 Å². The first-order valence-corrected chi connectivity index (χ1v) is 11.2. The van der Waals surface area contributed by atoms with Crippen LogP contribution in [-0.2, 0) is 4.74 Å². The predicted molar refractivity (Wildman–Crippen MR) is 108 cm³/mol. The van der Waals surface area contributed by atoms with Crippen molar-refractivity contribution in [2.75, 3.05) is 13.2 Å². The van der Waals surface area contributed by atoms with Gasteiger partial charge in [0.15, 0.2) is 0 Å². The van der Waals surface area contributed by atoms with Gasteiger partial charge in [0.1, 0.15) is 12.4 Å². The summed E-state index contributed by atoms with van der Waals surface area (Å²) in [7, 11) is 0. The Morgan fingerprint density at radius 1 is 1.14 bits per heavy atom. The molecular formula is C24H33NO3. The Bertz CT molecular complexity index is 672. The number of amides is 1. The van der Waals surface area contributed by atoms with Crippen LogP contribution in [0.1, 0.15) is 68.6 Å². The molecule has 1 saturated heterocycles. The van der Waals surface area contributed by atoms with E-state index in [-0.39, 0.29) is 18.1 Å². The van der Waals surface area contributed by atoms with Crippen LogP contribution in [-0.4, -0.2) is 31.3 Å². The summed E-state index contributed by atoms with van der Waals surface area (Å²) in [4.78, 5) is 12.9. The molecule has 1 aromatic rings. The minimum atomic E-state index is 0.0499. The van der Waals surface area contributed by atoms with Crippen LogP contribution in [0.15, 0.2) is 24.3 Å². The smallest absolute Gasteiger partial charge is 0.251 e. The highest BCUT2D eigenvalue weighted by Gasteiger charge is 2.53. The van der Waals surface area contributed by atoms with Crippen LogP contribution >= 0.6 is 0 Å². The van der Waals surface area contributed by atoms with Gasteiger partial charge in [0.2, 0.25) is 0 Å². The normalized spacial score (nSPS) is 37.0. The van der Waals surface area contributed by atoms with Crippen LogP contribution < -0.4 is 10.1 Å². The molecule has 152 valence electrons. The summed E-state index contributed by atoms with van der Waals surface area (Å²) in [5.41, 5.74) is 1.07. The van der Waals surface area contributed by atoms with E-state index in [1.807, 2.05) is 24.3 Å². The monoisotopic (exact) mass is 383 g/mol. The summed E-state index contributed by atoms with van der Waals surface area (Å²) >= 11 is 0. The van der Waals surface area contributed by atoms with Crippen LogP contribution in [0.3, 0.4) is 0 Å². The SMILES string of the molecule is C[C@@H](NC(=O)c1ccc(OC[C@@H]2CCCO2)cc1)C12CC3CC(CC(C3)C1)C2. The van der Waals surface area contributed by atoms with Crippen molar-refractivity contribution in [1.29, 1.82) is 0 Å². The van der Waals surface area contributed by atoms with E-state index < -0.39 is 0 Å². The van der Waals surface area contributed by atoms with Crippen molar-refractivity contribution in [2.45, 2.75) is 70.4 Å². The van der Waals surface area contributed by atoms with Crippen molar-refractivity contribution in [3.05, 3.63) is 29.8 Å². The number of carbonyl (C=O) groups is 1. The van der Waals surface area contributed by atoms with E-state index in [4.69, 9.17) is 9.47 Å². The van der Waals surface area contributed by atoms with Gasteiger partial charge in [0.05, 0.1) is 6.10 Å². The molecule has 1 aromatic carbocycles. The molecule has 4 nitrogen and oxygen atoms in total. The summed E-state index contributed by atoms with van der Waals surface area (Å²) in [6.07, 6.45) is 10.7. The maximum Gasteiger partial charge on any atom is 0.251 e. The summed E-state index contributed by atoms with van der Waals surface area (Å²) in [5, 5.41) is 3.35. The van der Waals surface area contributed by atoms with Gasteiger partial charge in [0, 0.05) is 18.2 Å². The molecule has 4 saturated carbocycles. The molecule has 4 heteroatoms. The van der Waals surface area contributed by atoms with Gasteiger partial charge in [-0.2, -0.15) is 0 Å². The second-order valence-corrected chi connectivity index (χ2v) is 9.95. The molecule has 4 aliphatic carbocycles. The van der Waals surface area contributed by atoms with E-state index in [0.29, 0.717) is 12.0 Å². The van der Waals surface area contributed by atoms with Crippen molar-refractivity contribution in [1.82, 2.24) is 5.32 Å². The van der Waals surface area contributed by atoms with Gasteiger partial charge in [-0.15, -0.1) is 0 Å². The molecular weight excluding hydrogens is 350 g/mol. The summed E-state index contributed by atoms with van der Waals surface area (Å²) < 4.78 is 11.4. The average molecular weight is 384 g/mol. The van der Waals surface area contributed by atoms with Crippen molar-refractivity contribution in [3.8, 4) is 5.75 Å². The molecule has 1 amide bonds. The zero-order chi connectivity index (χ0) is 19.1. The standard InChI is InChI=1S/C24H33NO3/c1-16(24-12-17-9-18(13-24)11-19(10-17)14-24)25-23(26)20-4-6-21(7-5-20)28-15-22-3-2-8-27-22/h4-7,16-19,22H,2-3,8-15H2,1H3,(H,25,26)/t16-,17?,18?,19?,22+,24?/m1/s1. The first kappa shape index (κ1) is 18.5. The van der Waals surface area contributed by atoms with Crippen LogP contribution in [0.25, 0.3) is 0 Å². The van der Waals surface area contributed by atoms with Gasteiger partial charge < -0.3 is 14.8 Å². The van der Waals surface area contributed by atoms with E-state index in [2.05, 4.69) is 12.2 Å². The predicted octanol–water partition coefficient (Wildman–Crippen LogP) is 4.58. The van der Waals surface area contributed by atoms with Gasteiger partial charge in [-0.1, -0.05) is 0 Å². The minimum Gasteiger partial charge on any atom is -0.491 e. The van der Waals surface area contributed by atoms with Gasteiger partial charge >= 0.3 is 0 Å². The lowest BCUT2D eigenvalue weighted by Crippen LogP contribution is -2.55. The fourth-order valence-corrected chi connectivity index (χ4v) is 6.81. The van der Waals surface area contributed by atoms with Crippen molar-refractivity contribution < 1.29 is 14.3 Å². The number of benzene rings is 1. The van der Waals surface area contributed by atoms with Crippen LogP contribution in [0.2, 0.25) is 0 Å². The van der Waals surface area contributed by atoms with Crippen LogP contribution in [0, 0.1) is 23.2 Å². The van der Waals surface area contributed by atoms with Crippen LogP contribution in [0.5, 0.6) is 5.75 Å². The largest absolute Gasteiger partial charge is 0.491 e. The molecule has 4 bridgehead atoms. The molecule has 0 radical (unpaired) electrons. The Balaban J connectivity index is 1.18. The molecule has 1 N–H and O–H groups in total.